The number of amides is 1. The maximum Gasteiger partial charge on any atom is 0.273 e. The second kappa shape index (κ2) is 8.61. The Kier molecular flexibility index (Phi) is 6.21. The number of hydrogen-bond donors (Lipinski definition) is 1. The van der Waals surface area contributed by atoms with Crippen molar-refractivity contribution in [1.29, 1.82) is 0 Å². The largest absolute Gasteiger partial charge is 0.348 e. The van der Waals surface area contributed by atoms with Gasteiger partial charge in [0.25, 0.3) is 5.91 Å². The number of alkyl halides is 1. The lowest BCUT2D eigenvalue weighted by atomic mass is 10.1. The summed E-state index contributed by atoms with van der Waals surface area (Å²) in [5.74, 6) is -0.237. The molecule has 6 nitrogen and oxygen atoms in total. The SMILES string of the molecule is CCc1ccc(CN2C[C@@H](F)C[C@H]2Cn2cc(C(=O)NC(C)C)nn2)cc1. The Morgan fingerprint density at radius 1 is 1.30 bits per heavy atom. The van der Waals surface area contributed by atoms with Crippen LogP contribution in [-0.4, -0.2) is 50.6 Å². The zero-order valence-corrected chi connectivity index (χ0v) is 16.2. The zero-order valence-electron chi connectivity index (χ0n) is 16.2. The molecule has 2 atom stereocenters. The molecule has 2 heterocycles. The number of aromatic nitrogens is 3. The van der Waals surface area contributed by atoms with Crippen LogP contribution < -0.4 is 5.32 Å². The van der Waals surface area contributed by atoms with Gasteiger partial charge in [0.2, 0.25) is 0 Å². The zero-order chi connectivity index (χ0) is 19.4. The quantitative estimate of drug-likeness (QED) is 0.810. The number of halogens is 1. The molecule has 1 aromatic heterocycles. The highest BCUT2D eigenvalue weighted by molar-refractivity contribution is 5.91. The number of rotatable bonds is 7. The molecular weight excluding hydrogens is 345 g/mol. The van der Waals surface area contributed by atoms with E-state index in [4.69, 9.17) is 0 Å². The van der Waals surface area contributed by atoms with Crippen LogP contribution in [0.25, 0.3) is 0 Å². The Bertz CT molecular complexity index is 758. The molecule has 1 fully saturated rings. The predicted octanol–water partition coefficient (Wildman–Crippen LogP) is 2.59. The van der Waals surface area contributed by atoms with E-state index in [2.05, 4.69) is 51.7 Å². The lowest BCUT2D eigenvalue weighted by Crippen LogP contribution is -2.33. The Labute approximate surface area is 159 Å². The van der Waals surface area contributed by atoms with Crippen molar-refractivity contribution in [3.8, 4) is 0 Å². The van der Waals surface area contributed by atoms with Crippen molar-refractivity contribution in [3.63, 3.8) is 0 Å². The molecule has 0 spiro atoms. The molecule has 0 aliphatic carbocycles. The molecule has 27 heavy (non-hydrogen) atoms. The first kappa shape index (κ1) is 19.5. The summed E-state index contributed by atoms with van der Waals surface area (Å²) in [6, 6.07) is 8.57. The van der Waals surface area contributed by atoms with Crippen LogP contribution in [0.4, 0.5) is 4.39 Å². The van der Waals surface area contributed by atoms with Crippen LogP contribution in [0.2, 0.25) is 0 Å². The molecule has 7 heteroatoms. The highest BCUT2D eigenvalue weighted by Crippen LogP contribution is 2.24. The maximum absolute atomic E-state index is 14.1. The van der Waals surface area contributed by atoms with Crippen molar-refractivity contribution >= 4 is 5.91 Å². The minimum absolute atomic E-state index is 0.0357. The van der Waals surface area contributed by atoms with E-state index in [1.807, 2.05) is 13.8 Å². The summed E-state index contributed by atoms with van der Waals surface area (Å²) in [4.78, 5) is 14.2. The summed E-state index contributed by atoms with van der Waals surface area (Å²) < 4.78 is 15.7. The molecule has 1 aromatic carbocycles. The van der Waals surface area contributed by atoms with Gasteiger partial charge in [0.15, 0.2) is 5.69 Å². The van der Waals surface area contributed by atoms with E-state index < -0.39 is 6.17 Å². The first-order valence-electron chi connectivity index (χ1n) is 9.61. The predicted molar refractivity (Wildman–Crippen MR) is 102 cm³/mol. The number of benzene rings is 1. The molecule has 1 aliphatic heterocycles. The van der Waals surface area contributed by atoms with Crippen LogP contribution in [0.1, 0.15) is 48.8 Å². The summed E-state index contributed by atoms with van der Waals surface area (Å²) in [6.45, 7) is 7.59. The van der Waals surface area contributed by atoms with Gasteiger partial charge in [-0.2, -0.15) is 0 Å². The Hall–Kier alpha value is -2.28. The topological polar surface area (TPSA) is 63.1 Å². The molecule has 1 N–H and O–H groups in total. The second-order valence-corrected chi connectivity index (χ2v) is 7.54. The number of nitrogens with zero attached hydrogens (tertiary/aromatic N) is 4. The van der Waals surface area contributed by atoms with Crippen molar-refractivity contribution in [2.45, 2.75) is 65.0 Å². The number of nitrogens with one attached hydrogen (secondary N) is 1. The van der Waals surface area contributed by atoms with Gasteiger partial charge >= 0.3 is 0 Å². The molecule has 0 unspecified atom stereocenters. The fraction of sp³-hybridized carbons (Fsp3) is 0.550. The van der Waals surface area contributed by atoms with Crippen LogP contribution in [0.5, 0.6) is 0 Å². The van der Waals surface area contributed by atoms with Gasteiger partial charge in [0.05, 0.1) is 12.7 Å². The number of likely N-dealkylation sites (tertiary alicyclic amines) is 1. The minimum Gasteiger partial charge on any atom is -0.348 e. The third-order valence-corrected chi connectivity index (χ3v) is 4.88. The van der Waals surface area contributed by atoms with Gasteiger partial charge in [-0.05, 0) is 37.8 Å². The van der Waals surface area contributed by atoms with Gasteiger partial charge in [-0.25, -0.2) is 4.39 Å². The molecule has 2 aromatic rings. The van der Waals surface area contributed by atoms with Gasteiger partial charge in [-0.1, -0.05) is 36.4 Å². The molecule has 3 rings (SSSR count). The fourth-order valence-electron chi connectivity index (χ4n) is 3.46. The summed E-state index contributed by atoms with van der Waals surface area (Å²) >= 11 is 0. The Morgan fingerprint density at radius 3 is 2.67 bits per heavy atom. The number of aryl methyl sites for hydroxylation is 1. The van der Waals surface area contributed by atoms with Crippen LogP contribution >= 0.6 is 0 Å². The van der Waals surface area contributed by atoms with Crippen LogP contribution in [0.15, 0.2) is 30.5 Å². The molecule has 0 bridgehead atoms. The van der Waals surface area contributed by atoms with E-state index in [0.717, 1.165) is 6.42 Å². The highest BCUT2D eigenvalue weighted by atomic mass is 19.1. The van der Waals surface area contributed by atoms with E-state index in [1.165, 1.54) is 11.1 Å². The normalized spacial score (nSPS) is 20.3. The van der Waals surface area contributed by atoms with Gasteiger partial charge in [-0.15, -0.1) is 5.10 Å². The summed E-state index contributed by atoms with van der Waals surface area (Å²) in [5.41, 5.74) is 2.77. The maximum atomic E-state index is 14.1. The molecular formula is C20H28FN5O. The highest BCUT2D eigenvalue weighted by Gasteiger charge is 2.32. The van der Waals surface area contributed by atoms with Gasteiger partial charge < -0.3 is 5.32 Å². The average molecular weight is 373 g/mol. The summed E-state index contributed by atoms with van der Waals surface area (Å²) in [7, 11) is 0. The fourth-order valence-corrected chi connectivity index (χ4v) is 3.46. The number of carbonyl (C=O) groups excluding carboxylic acids is 1. The van der Waals surface area contributed by atoms with Gasteiger partial charge in [-0.3, -0.25) is 14.4 Å². The van der Waals surface area contributed by atoms with E-state index in [0.29, 0.717) is 31.7 Å². The summed E-state index contributed by atoms with van der Waals surface area (Å²) in [5, 5.41) is 10.8. The van der Waals surface area contributed by atoms with Crippen LogP contribution in [-0.2, 0) is 19.5 Å². The lowest BCUT2D eigenvalue weighted by Gasteiger charge is -2.24. The molecule has 1 amide bonds. The van der Waals surface area contributed by atoms with Gasteiger partial charge in [0, 0.05) is 25.2 Å². The van der Waals surface area contributed by atoms with E-state index in [-0.39, 0.29) is 18.0 Å². The third kappa shape index (κ3) is 5.13. The van der Waals surface area contributed by atoms with Gasteiger partial charge in [0.1, 0.15) is 6.17 Å². The Balaban J connectivity index is 1.64. The standard InChI is InChI=1S/C20H28FN5O/c1-4-15-5-7-16(8-6-15)10-25-11-17(21)9-18(25)12-26-13-19(23-24-26)20(27)22-14(2)3/h5-8,13-14,17-18H,4,9-12H2,1-3H3,(H,22,27)/t17-,18-/m0/s1. The molecule has 1 saturated heterocycles. The Morgan fingerprint density at radius 2 is 2.00 bits per heavy atom. The molecule has 0 radical (unpaired) electrons. The third-order valence-electron chi connectivity index (χ3n) is 4.88. The van der Waals surface area contributed by atoms with Crippen molar-refractivity contribution in [2.75, 3.05) is 6.54 Å². The van der Waals surface area contributed by atoms with Crippen molar-refractivity contribution in [1.82, 2.24) is 25.2 Å². The monoisotopic (exact) mass is 373 g/mol. The van der Waals surface area contributed by atoms with Crippen LogP contribution in [0.3, 0.4) is 0 Å². The first-order valence-corrected chi connectivity index (χ1v) is 9.61. The first-order chi connectivity index (χ1) is 12.9. The number of hydrogen-bond acceptors (Lipinski definition) is 4. The van der Waals surface area contributed by atoms with Crippen molar-refractivity contribution < 1.29 is 9.18 Å². The number of carbonyl (C=O) groups is 1. The molecule has 0 saturated carbocycles. The van der Waals surface area contributed by atoms with Crippen molar-refractivity contribution in [2.24, 2.45) is 0 Å². The molecule has 146 valence electrons. The second-order valence-electron chi connectivity index (χ2n) is 7.54. The van der Waals surface area contributed by atoms with E-state index >= 15 is 0 Å². The minimum atomic E-state index is -0.836. The summed E-state index contributed by atoms with van der Waals surface area (Å²) in [6.07, 6.45) is 2.29. The molecule has 1 aliphatic rings. The van der Waals surface area contributed by atoms with Crippen LogP contribution in [0, 0.1) is 0 Å². The lowest BCUT2D eigenvalue weighted by molar-refractivity contribution is 0.0938. The van der Waals surface area contributed by atoms with E-state index in [1.54, 1.807) is 10.9 Å². The smallest absolute Gasteiger partial charge is 0.273 e. The van der Waals surface area contributed by atoms with E-state index in [9.17, 15) is 9.18 Å². The average Bonchev–Trinajstić information content (AvgIpc) is 3.22. The van der Waals surface area contributed by atoms with Crippen molar-refractivity contribution in [3.05, 3.63) is 47.3 Å².